The molecule has 0 bridgehead atoms. The van der Waals surface area contributed by atoms with Crippen molar-refractivity contribution in [3.05, 3.63) is 12.2 Å². The number of amides is 9. The highest BCUT2D eigenvalue weighted by Crippen LogP contribution is 2.32. The highest BCUT2D eigenvalue weighted by atomic mass is 16.6. The van der Waals surface area contributed by atoms with Crippen LogP contribution in [-0.2, 0) is 66.9 Å². The number of nitrogens with two attached hydrogens (primary N) is 1. The molecule has 9 amide bonds. The highest BCUT2D eigenvalue weighted by Gasteiger charge is 2.35. The van der Waals surface area contributed by atoms with Crippen LogP contribution in [0.3, 0.4) is 0 Å². The maximum Gasteiger partial charge on any atom is 0.253 e. The first-order valence-corrected chi connectivity index (χ1v) is 32.8. The van der Waals surface area contributed by atoms with Crippen molar-refractivity contribution in [2.75, 3.05) is 98.7 Å². The lowest BCUT2D eigenvalue weighted by molar-refractivity contribution is -0.137. The fraction of sp³-hybridized carbons (Fsp3) is 0.841. The fourth-order valence-electron chi connectivity index (χ4n) is 9.46. The van der Waals surface area contributed by atoms with Gasteiger partial charge in [-0.3, -0.25) is 48.1 Å². The van der Waals surface area contributed by atoms with Crippen molar-refractivity contribution in [3.8, 4) is 0 Å². The molecule has 1 aliphatic heterocycles. The molecular formula is C69H127N9O14. The average Bonchev–Trinajstić information content (AvgIpc) is 1.58. The predicted octanol–water partition coefficient (Wildman–Crippen LogP) is 7.23. The van der Waals surface area contributed by atoms with Gasteiger partial charge in [-0.25, -0.2) is 5.90 Å². The first-order valence-electron chi connectivity index (χ1n) is 32.8. The summed E-state index contributed by atoms with van der Waals surface area (Å²) in [4.78, 5) is 123. The van der Waals surface area contributed by atoms with Gasteiger partial charge in [0.15, 0.2) is 0 Å². The number of hydrogen-bond donors (Lipinski definition) is 8. The van der Waals surface area contributed by atoms with Crippen LogP contribution in [0.2, 0.25) is 0 Å². The van der Waals surface area contributed by atoms with Gasteiger partial charge in [-0.2, -0.15) is 0 Å². The van der Waals surface area contributed by atoms with E-state index >= 15 is 0 Å². The Bertz CT molecular complexity index is 2440. The van der Waals surface area contributed by atoms with Crippen LogP contribution in [-0.4, -0.2) is 168 Å². The smallest absolute Gasteiger partial charge is 0.253 e. The van der Waals surface area contributed by atoms with Gasteiger partial charge in [0.05, 0.1) is 65.0 Å². The number of ether oxygens (including phenoxy) is 4. The number of imide groups is 1. The lowest BCUT2D eigenvalue weighted by Crippen LogP contribution is -2.55. The van der Waals surface area contributed by atoms with Gasteiger partial charge in [-0.1, -0.05) is 145 Å². The second kappa shape index (κ2) is 36.2. The molecule has 0 fully saturated rings. The highest BCUT2D eigenvalue weighted by molar-refractivity contribution is 6.13. The molecule has 1 aliphatic rings. The molecule has 0 aromatic rings. The largest absolute Gasteiger partial charge is 0.380 e. The van der Waals surface area contributed by atoms with Gasteiger partial charge in [0.2, 0.25) is 41.4 Å². The fourth-order valence-corrected chi connectivity index (χ4v) is 9.46. The summed E-state index contributed by atoms with van der Waals surface area (Å²) in [7, 11) is 0. The van der Waals surface area contributed by atoms with E-state index in [1.54, 1.807) is 13.8 Å². The number of carbonyl (C=O) groups excluding carboxylic acids is 9. The van der Waals surface area contributed by atoms with Crippen molar-refractivity contribution in [1.29, 1.82) is 0 Å². The van der Waals surface area contributed by atoms with E-state index in [4.69, 9.17) is 29.7 Å². The molecule has 23 heteroatoms. The Hall–Kier alpha value is -5.07. The number of rotatable bonds is 46. The molecule has 0 saturated carbocycles. The molecule has 0 saturated heterocycles. The Morgan fingerprint density at radius 1 is 0.424 bits per heavy atom. The summed E-state index contributed by atoms with van der Waals surface area (Å²) in [6.07, 6.45) is 4.31. The van der Waals surface area contributed by atoms with Crippen LogP contribution in [0.25, 0.3) is 0 Å². The normalized spacial score (nSPS) is 14.5. The zero-order chi connectivity index (χ0) is 71.0. The Kier molecular flexibility index (Phi) is 33.4. The van der Waals surface area contributed by atoms with Crippen LogP contribution < -0.4 is 43.1 Å². The number of hydrogen-bond acceptors (Lipinski definition) is 15. The van der Waals surface area contributed by atoms with Gasteiger partial charge < -0.3 is 61.0 Å². The third-order valence-corrected chi connectivity index (χ3v) is 15.4. The third-order valence-electron chi connectivity index (χ3n) is 15.4. The molecule has 92 heavy (non-hydrogen) atoms. The summed E-state index contributed by atoms with van der Waals surface area (Å²) in [5, 5.41) is 20.9. The van der Waals surface area contributed by atoms with Crippen molar-refractivity contribution in [2.24, 2.45) is 60.0 Å². The lowest BCUT2D eigenvalue weighted by atomic mass is 9.79. The Balaban J connectivity index is 2.96. The van der Waals surface area contributed by atoms with Gasteiger partial charge >= 0.3 is 0 Å². The predicted molar refractivity (Wildman–Crippen MR) is 359 cm³/mol. The van der Waals surface area contributed by atoms with Gasteiger partial charge in [0, 0.05) is 116 Å². The molecule has 532 valence electrons. The van der Waals surface area contributed by atoms with Gasteiger partial charge in [0.25, 0.3) is 11.8 Å². The van der Waals surface area contributed by atoms with E-state index in [0.29, 0.717) is 46.1 Å². The van der Waals surface area contributed by atoms with E-state index in [1.165, 1.54) is 12.2 Å². The van der Waals surface area contributed by atoms with Gasteiger partial charge in [0.1, 0.15) is 6.04 Å². The van der Waals surface area contributed by atoms with Crippen molar-refractivity contribution in [2.45, 2.75) is 222 Å². The van der Waals surface area contributed by atoms with Crippen LogP contribution >= 0.6 is 0 Å². The second-order valence-corrected chi connectivity index (χ2v) is 34.8. The molecule has 0 radical (unpaired) electrons. The second-order valence-electron chi connectivity index (χ2n) is 34.8. The van der Waals surface area contributed by atoms with Crippen LogP contribution in [0, 0.1) is 54.1 Å². The minimum absolute atomic E-state index is 0.0260. The zero-order valence-electron chi connectivity index (χ0n) is 61.2. The Morgan fingerprint density at radius 3 is 1.15 bits per heavy atom. The van der Waals surface area contributed by atoms with Crippen LogP contribution in [0.15, 0.2) is 12.2 Å². The Morgan fingerprint density at radius 2 is 0.761 bits per heavy atom. The van der Waals surface area contributed by atoms with Gasteiger partial charge in [-0.05, 0) is 54.8 Å². The Labute approximate surface area is 553 Å². The number of carbonyl (C=O) groups is 9. The molecule has 1 atom stereocenters. The quantitative estimate of drug-likeness (QED) is 0.0220. The summed E-state index contributed by atoms with van der Waals surface area (Å²) < 4.78 is 24.6. The molecule has 0 aliphatic carbocycles. The molecule has 0 spiro atoms. The van der Waals surface area contributed by atoms with Crippen LogP contribution in [0.1, 0.15) is 211 Å². The molecule has 1 heterocycles. The maximum atomic E-state index is 14.3. The summed E-state index contributed by atoms with van der Waals surface area (Å²) in [5.41, 5.74) is -5.08. The van der Waals surface area contributed by atoms with Crippen molar-refractivity contribution in [3.63, 3.8) is 0 Å². The SMILES string of the molecule is CC(C)(C)CCC(C)(C)C(=O)NCC(C)(C)COCC(C)(C)CNC(=O)CC(C)(C)COCC(C)(C)NC(=O)[C@H](CCC(=O)NCC(C)(C)COCC(C)(C)CC(=O)NCC(C)(C)CON)NC(=O)CC(C)(C)COCC(C)(C)CNC(=O)CCN1C(=O)C=CC1=O. The number of nitrogens with one attached hydrogen (secondary N) is 7. The summed E-state index contributed by atoms with van der Waals surface area (Å²) >= 11 is 0. The van der Waals surface area contributed by atoms with E-state index in [0.717, 1.165) is 17.7 Å². The van der Waals surface area contributed by atoms with E-state index in [-0.39, 0.29) is 142 Å². The van der Waals surface area contributed by atoms with E-state index in [1.807, 2.05) is 111 Å². The zero-order valence-corrected chi connectivity index (χ0v) is 61.2. The van der Waals surface area contributed by atoms with Crippen LogP contribution in [0.5, 0.6) is 0 Å². The third kappa shape index (κ3) is 38.3. The summed E-state index contributed by atoms with van der Waals surface area (Å²) in [6, 6.07) is -1.12. The van der Waals surface area contributed by atoms with Crippen molar-refractivity contribution < 1.29 is 66.9 Å². The lowest BCUT2D eigenvalue weighted by Gasteiger charge is -2.32. The first kappa shape index (κ1) is 84.9. The monoisotopic (exact) mass is 1310 g/mol. The molecule has 9 N–H and O–H groups in total. The minimum Gasteiger partial charge on any atom is -0.380 e. The topological polar surface area (TPSA) is 313 Å². The van der Waals surface area contributed by atoms with E-state index in [2.05, 4.69) is 71.8 Å². The summed E-state index contributed by atoms with van der Waals surface area (Å²) in [6.45, 7) is 49.4. The molecule has 0 unspecified atom stereocenters. The molecular weight excluding hydrogens is 1180 g/mol. The van der Waals surface area contributed by atoms with Crippen molar-refractivity contribution in [1.82, 2.24) is 42.1 Å². The molecule has 0 aromatic carbocycles. The average molecular weight is 1310 g/mol. The van der Waals surface area contributed by atoms with E-state index in [9.17, 15) is 43.2 Å². The minimum atomic E-state index is -1.12. The van der Waals surface area contributed by atoms with Crippen molar-refractivity contribution >= 4 is 53.2 Å². The molecule has 1 rings (SSSR count). The standard InChI is InChI=1S/C69H127N9O14/c1-59(2,3)29-30-68(20,21)58(87)75-39-66(16,17)46-90-45-65(14,15)37-73-52(81)33-61(6,7)42-91-48-69(22,23)77-57(86)49(24-25-50(79)71-35-63(10,11)43-88-40-60(4,5)32-53(82)74-38-67(18,19)47-92-70)76-54(83)34-62(8,9)41-89-44-64(12,13)36-72-51(80)28-31-78-55(84)26-27-56(78)85/h26-27,49H,24-25,28-48,70H2,1-23H3,(H,71,79)(H,72,80)(H,73,81)(H,74,82)(H,75,87)(H,76,83)(H,77,86)/t49-/m0/s1. The summed E-state index contributed by atoms with van der Waals surface area (Å²) in [5.74, 6) is 2.51. The molecule has 23 nitrogen and oxygen atoms in total. The first-order chi connectivity index (χ1) is 41.7. The number of nitrogens with zero attached hydrogens (tertiary/aromatic N) is 1. The van der Waals surface area contributed by atoms with Crippen LogP contribution in [0.4, 0.5) is 0 Å². The van der Waals surface area contributed by atoms with E-state index < -0.39 is 67.7 Å². The van der Waals surface area contributed by atoms with Gasteiger partial charge in [-0.15, -0.1) is 0 Å². The maximum absolute atomic E-state index is 14.3. The molecule has 0 aromatic heterocycles.